The van der Waals surface area contributed by atoms with Crippen molar-refractivity contribution in [2.45, 2.75) is 35.8 Å². The predicted octanol–water partition coefficient (Wildman–Crippen LogP) is 3.38. The van der Waals surface area contributed by atoms with Gasteiger partial charge in [0.2, 0.25) is 15.9 Å². The normalized spacial score (nSPS) is 12.4. The minimum absolute atomic E-state index is 0.00638. The number of sulfonamides is 1. The number of fused-ring (bicyclic) bond motifs is 1. The summed E-state index contributed by atoms with van der Waals surface area (Å²) < 4.78 is 56.1. The number of oxazole rings is 1. The van der Waals surface area contributed by atoms with Gasteiger partial charge in [-0.15, -0.1) is 0 Å². The molecule has 3 aromatic rings. The molecule has 0 saturated carbocycles. The first kappa shape index (κ1) is 25.2. The second-order valence-corrected chi connectivity index (χ2v) is 12.1. The highest BCUT2D eigenvalue weighted by atomic mass is 32.2. The number of nitrogens with one attached hydrogen (secondary N) is 1. The van der Waals surface area contributed by atoms with Crippen LogP contribution >= 0.6 is 11.8 Å². The van der Waals surface area contributed by atoms with Gasteiger partial charge in [0.05, 0.1) is 21.3 Å². The number of hydrogen-bond acceptors (Lipinski definition) is 8. The van der Waals surface area contributed by atoms with Crippen LogP contribution in [0.5, 0.6) is 0 Å². The van der Waals surface area contributed by atoms with Gasteiger partial charge in [0, 0.05) is 18.8 Å². The summed E-state index contributed by atoms with van der Waals surface area (Å²) in [5.41, 5.74) is 1.29. The Kier molecular flexibility index (Phi) is 7.83. The zero-order chi connectivity index (χ0) is 24.2. The number of carbonyl (C=O) groups excluding carboxylic acids is 1. The van der Waals surface area contributed by atoms with Crippen LogP contribution in [0.2, 0.25) is 0 Å². The summed E-state index contributed by atoms with van der Waals surface area (Å²) in [6.45, 7) is 5.87. The average molecular weight is 512 g/mol. The maximum atomic E-state index is 12.5. The van der Waals surface area contributed by atoms with Crippen molar-refractivity contribution < 1.29 is 26.0 Å². The second kappa shape index (κ2) is 10.2. The van der Waals surface area contributed by atoms with Crippen molar-refractivity contribution in [2.24, 2.45) is 0 Å². The van der Waals surface area contributed by atoms with Crippen LogP contribution in [0.3, 0.4) is 0 Å². The van der Waals surface area contributed by atoms with Gasteiger partial charge in [0.25, 0.3) is 5.22 Å². The van der Waals surface area contributed by atoms with Gasteiger partial charge in [0.15, 0.2) is 15.4 Å². The molecule has 0 aliphatic heterocycles. The Morgan fingerprint density at radius 2 is 1.64 bits per heavy atom. The highest BCUT2D eigenvalue weighted by Crippen LogP contribution is 2.26. The topological polar surface area (TPSA) is 127 Å². The SMILES string of the molecule is CCN(CC)S(=O)(=O)c1ccc(NC(=O)CSc2nc3cc(S(=O)(=O)CC)ccc3o2)cc1. The molecule has 9 nitrogen and oxygen atoms in total. The van der Waals surface area contributed by atoms with Crippen LogP contribution in [0.15, 0.2) is 61.9 Å². The number of rotatable bonds is 10. The number of thioether (sulfide) groups is 1. The Bertz CT molecular complexity index is 1350. The maximum Gasteiger partial charge on any atom is 0.257 e. The molecule has 0 bridgehead atoms. The average Bonchev–Trinajstić information content (AvgIpc) is 3.21. The van der Waals surface area contributed by atoms with Gasteiger partial charge in [-0.3, -0.25) is 4.79 Å². The largest absolute Gasteiger partial charge is 0.431 e. The number of anilines is 1. The van der Waals surface area contributed by atoms with Crippen molar-refractivity contribution >= 4 is 54.3 Å². The van der Waals surface area contributed by atoms with Crippen molar-refractivity contribution in [2.75, 3.05) is 29.9 Å². The molecule has 1 amide bonds. The lowest BCUT2D eigenvalue weighted by Gasteiger charge is -2.18. The Hall–Kier alpha value is -2.41. The summed E-state index contributed by atoms with van der Waals surface area (Å²) in [6.07, 6.45) is 0. The lowest BCUT2D eigenvalue weighted by atomic mass is 10.3. The van der Waals surface area contributed by atoms with Crippen LogP contribution in [0.25, 0.3) is 11.1 Å². The molecule has 0 atom stereocenters. The predicted molar refractivity (Wildman–Crippen MR) is 128 cm³/mol. The van der Waals surface area contributed by atoms with Crippen LogP contribution in [-0.4, -0.2) is 56.6 Å². The molecule has 2 aromatic carbocycles. The Morgan fingerprint density at radius 1 is 1.00 bits per heavy atom. The molecule has 0 aliphatic rings. The zero-order valence-corrected chi connectivity index (χ0v) is 20.9. The maximum absolute atomic E-state index is 12.5. The molecule has 12 heteroatoms. The molecule has 178 valence electrons. The fraction of sp³-hybridized carbons (Fsp3) is 0.333. The molecule has 0 spiro atoms. The van der Waals surface area contributed by atoms with E-state index in [2.05, 4.69) is 10.3 Å². The monoisotopic (exact) mass is 511 g/mol. The first-order valence-corrected chi connectivity index (χ1v) is 14.3. The minimum Gasteiger partial charge on any atom is -0.431 e. The molecular formula is C21H25N3O6S3. The molecule has 0 saturated heterocycles. The standard InChI is InChI=1S/C21H25N3O6S3/c1-4-24(5-2)33(28,29)16-9-7-15(8-10-16)22-20(25)14-31-21-23-18-13-17(32(26,27)6-3)11-12-19(18)30-21/h7-13H,4-6,14H2,1-3H3,(H,22,25). The fourth-order valence-electron chi connectivity index (χ4n) is 3.06. The van der Waals surface area contributed by atoms with Gasteiger partial charge in [-0.1, -0.05) is 32.5 Å². The summed E-state index contributed by atoms with van der Waals surface area (Å²) in [6, 6.07) is 10.5. The summed E-state index contributed by atoms with van der Waals surface area (Å²) in [5.74, 6) is -0.330. The molecule has 33 heavy (non-hydrogen) atoms. The van der Waals surface area contributed by atoms with E-state index in [9.17, 15) is 21.6 Å². The lowest BCUT2D eigenvalue weighted by Crippen LogP contribution is -2.30. The number of carbonyl (C=O) groups is 1. The van der Waals surface area contributed by atoms with E-state index in [0.717, 1.165) is 11.8 Å². The Labute approximate surface area is 197 Å². The number of hydrogen-bond donors (Lipinski definition) is 1. The van der Waals surface area contributed by atoms with Crippen molar-refractivity contribution in [1.82, 2.24) is 9.29 Å². The smallest absolute Gasteiger partial charge is 0.257 e. The summed E-state index contributed by atoms with van der Waals surface area (Å²) >= 11 is 1.07. The fourth-order valence-corrected chi connectivity index (χ4v) is 6.05. The molecular weight excluding hydrogens is 486 g/mol. The van der Waals surface area contributed by atoms with Gasteiger partial charge in [0.1, 0.15) is 5.52 Å². The van der Waals surface area contributed by atoms with Crippen LogP contribution in [0, 0.1) is 0 Å². The van der Waals surface area contributed by atoms with Gasteiger partial charge < -0.3 is 9.73 Å². The van der Waals surface area contributed by atoms with Crippen molar-refractivity contribution in [3.05, 3.63) is 42.5 Å². The number of sulfone groups is 1. The zero-order valence-electron chi connectivity index (χ0n) is 18.4. The third-order valence-electron chi connectivity index (χ3n) is 4.89. The van der Waals surface area contributed by atoms with E-state index < -0.39 is 19.9 Å². The van der Waals surface area contributed by atoms with Gasteiger partial charge >= 0.3 is 0 Å². The molecule has 1 heterocycles. The molecule has 0 aliphatic carbocycles. The summed E-state index contributed by atoms with van der Waals surface area (Å²) in [4.78, 5) is 16.9. The first-order chi connectivity index (χ1) is 15.6. The van der Waals surface area contributed by atoms with E-state index in [0.29, 0.717) is 29.9 Å². The molecule has 1 aromatic heterocycles. The Morgan fingerprint density at radius 3 is 2.24 bits per heavy atom. The highest BCUT2D eigenvalue weighted by molar-refractivity contribution is 7.99. The molecule has 1 N–H and O–H groups in total. The highest BCUT2D eigenvalue weighted by Gasteiger charge is 2.21. The first-order valence-electron chi connectivity index (χ1n) is 10.3. The number of nitrogens with zero attached hydrogens (tertiary/aromatic N) is 2. The molecule has 0 unspecified atom stereocenters. The van der Waals surface area contributed by atoms with Crippen molar-refractivity contribution in [3.8, 4) is 0 Å². The molecule has 0 fully saturated rings. The van der Waals surface area contributed by atoms with E-state index in [1.165, 1.54) is 40.7 Å². The molecule has 0 radical (unpaired) electrons. The van der Waals surface area contributed by atoms with Crippen LogP contribution in [0.4, 0.5) is 5.69 Å². The third-order valence-corrected chi connectivity index (χ3v) is 9.51. The van der Waals surface area contributed by atoms with E-state index in [1.54, 1.807) is 26.8 Å². The summed E-state index contributed by atoms with van der Waals surface area (Å²) in [7, 11) is -6.92. The summed E-state index contributed by atoms with van der Waals surface area (Å²) in [5, 5.41) is 2.94. The van der Waals surface area contributed by atoms with Crippen LogP contribution in [-0.2, 0) is 24.7 Å². The minimum atomic E-state index is -3.56. The van der Waals surface area contributed by atoms with Gasteiger partial charge in [-0.05, 0) is 42.5 Å². The van der Waals surface area contributed by atoms with Gasteiger partial charge in [-0.2, -0.15) is 4.31 Å². The van der Waals surface area contributed by atoms with E-state index in [-0.39, 0.29) is 32.4 Å². The number of amides is 1. The van der Waals surface area contributed by atoms with Crippen molar-refractivity contribution in [1.29, 1.82) is 0 Å². The van der Waals surface area contributed by atoms with E-state index >= 15 is 0 Å². The third kappa shape index (κ3) is 5.75. The molecule has 3 rings (SSSR count). The number of benzene rings is 2. The number of aromatic nitrogens is 1. The Balaban J connectivity index is 1.63. The van der Waals surface area contributed by atoms with E-state index in [1.807, 2.05) is 0 Å². The van der Waals surface area contributed by atoms with Crippen LogP contribution < -0.4 is 5.32 Å². The van der Waals surface area contributed by atoms with Crippen molar-refractivity contribution in [3.63, 3.8) is 0 Å². The van der Waals surface area contributed by atoms with Crippen LogP contribution in [0.1, 0.15) is 20.8 Å². The quantitative estimate of drug-likeness (QED) is 0.411. The second-order valence-electron chi connectivity index (χ2n) is 6.96. The lowest BCUT2D eigenvalue weighted by molar-refractivity contribution is -0.113. The van der Waals surface area contributed by atoms with Gasteiger partial charge in [-0.25, -0.2) is 21.8 Å². The van der Waals surface area contributed by atoms with E-state index in [4.69, 9.17) is 4.42 Å².